The van der Waals surface area contributed by atoms with Crippen molar-refractivity contribution in [3.05, 3.63) is 128 Å². The molecule has 1 amide bonds. The maximum absolute atomic E-state index is 14.1. The molecule has 0 spiro atoms. The van der Waals surface area contributed by atoms with Gasteiger partial charge in [-0.1, -0.05) is 42.0 Å². The van der Waals surface area contributed by atoms with E-state index in [9.17, 15) is 36.3 Å². The Labute approximate surface area is 267 Å². The van der Waals surface area contributed by atoms with Crippen LogP contribution in [0, 0.1) is 42.9 Å². The quantitative estimate of drug-likeness (QED) is 0.0746. The molecule has 14 heteroatoms. The topological polar surface area (TPSA) is 103 Å². The molecule has 48 heavy (non-hydrogen) atoms. The summed E-state index contributed by atoms with van der Waals surface area (Å²) in [5.74, 6) is -14.3. The molecule has 0 radical (unpaired) electrons. The smallest absolute Gasteiger partial charge is 0.395 e. The standard InChI is InChI=1S/C34H21F5N4O5/c1-15-12-18-10-11-42-29(18)21(13-15)28(17-6-4-3-5-7-17)41-31(33(42)45)43-16(2)40-22-14-19(8-9-20(22)32(43)44)47-34(46)48-30-26(38)24(36)23(35)25(37)27(30)39/h3-9,12-14,31H,10-11H2,1-2H3. The lowest BCUT2D eigenvalue weighted by Gasteiger charge is -2.23. The number of anilines is 1. The zero-order valence-electron chi connectivity index (χ0n) is 25.0. The largest absolute Gasteiger partial charge is 0.519 e. The molecular formula is C34H21F5N4O5. The number of aromatic nitrogens is 2. The van der Waals surface area contributed by atoms with Crippen LogP contribution in [0.25, 0.3) is 10.9 Å². The summed E-state index contributed by atoms with van der Waals surface area (Å²) in [6, 6.07) is 16.8. The maximum Gasteiger partial charge on any atom is 0.519 e. The monoisotopic (exact) mass is 660 g/mol. The van der Waals surface area contributed by atoms with Crippen LogP contribution in [-0.4, -0.2) is 33.9 Å². The average molecular weight is 661 g/mol. The summed E-state index contributed by atoms with van der Waals surface area (Å²) in [5, 5.41) is 0.00469. The van der Waals surface area contributed by atoms with Crippen LogP contribution in [-0.2, 0) is 11.2 Å². The lowest BCUT2D eigenvalue weighted by Crippen LogP contribution is -2.39. The highest BCUT2D eigenvalue weighted by Crippen LogP contribution is 2.39. The zero-order chi connectivity index (χ0) is 34.0. The first-order chi connectivity index (χ1) is 22.9. The second-order valence-electron chi connectivity index (χ2n) is 11.1. The normalized spacial score (nSPS) is 15.3. The van der Waals surface area contributed by atoms with Crippen LogP contribution in [0.1, 0.15) is 34.2 Å². The highest BCUT2D eigenvalue weighted by molar-refractivity contribution is 6.20. The number of nitrogens with zero attached hydrogens (tertiary/aromatic N) is 4. The zero-order valence-corrected chi connectivity index (χ0v) is 25.0. The molecule has 4 aromatic carbocycles. The van der Waals surface area contributed by atoms with Gasteiger partial charge in [-0.15, -0.1) is 0 Å². The van der Waals surface area contributed by atoms with Crippen molar-refractivity contribution >= 4 is 34.4 Å². The Balaban J connectivity index is 1.27. The highest BCUT2D eigenvalue weighted by atomic mass is 19.2. The van der Waals surface area contributed by atoms with Crippen molar-refractivity contribution in [2.75, 3.05) is 11.4 Å². The number of halogens is 5. The molecule has 0 saturated carbocycles. The van der Waals surface area contributed by atoms with E-state index < -0.39 is 58.6 Å². The molecule has 7 rings (SSSR count). The van der Waals surface area contributed by atoms with E-state index in [4.69, 9.17) is 9.73 Å². The van der Waals surface area contributed by atoms with E-state index in [1.807, 2.05) is 49.4 Å². The molecule has 242 valence electrons. The van der Waals surface area contributed by atoms with Gasteiger partial charge in [-0.25, -0.2) is 27.9 Å². The Morgan fingerprint density at radius 3 is 2.25 bits per heavy atom. The number of hydrogen-bond acceptors (Lipinski definition) is 7. The summed E-state index contributed by atoms with van der Waals surface area (Å²) in [6.45, 7) is 3.86. The Morgan fingerprint density at radius 1 is 0.854 bits per heavy atom. The lowest BCUT2D eigenvalue weighted by molar-refractivity contribution is -0.121. The first-order valence-electron chi connectivity index (χ1n) is 14.5. The van der Waals surface area contributed by atoms with E-state index in [-0.39, 0.29) is 22.5 Å². The number of hydrogen-bond donors (Lipinski definition) is 0. The Bertz CT molecular complexity index is 2280. The van der Waals surface area contributed by atoms with Crippen molar-refractivity contribution in [1.29, 1.82) is 0 Å². The van der Waals surface area contributed by atoms with Crippen LogP contribution in [0.3, 0.4) is 0 Å². The van der Waals surface area contributed by atoms with Crippen molar-refractivity contribution in [2.24, 2.45) is 4.99 Å². The van der Waals surface area contributed by atoms with Gasteiger partial charge in [-0.2, -0.15) is 8.78 Å². The minimum Gasteiger partial charge on any atom is -0.395 e. The summed E-state index contributed by atoms with van der Waals surface area (Å²) in [7, 11) is 0. The number of amides is 1. The number of carbonyl (C=O) groups excluding carboxylic acids is 2. The van der Waals surface area contributed by atoms with Crippen LogP contribution in [0.5, 0.6) is 11.5 Å². The van der Waals surface area contributed by atoms with Crippen LogP contribution in [0.4, 0.5) is 32.4 Å². The first-order valence-corrected chi connectivity index (χ1v) is 14.5. The van der Waals surface area contributed by atoms with Gasteiger partial charge < -0.3 is 14.4 Å². The van der Waals surface area contributed by atoms with Gasteiger partial charge >= 0.3 is 6.16 Å². The van der Waals surface area contributed by atoms with E-state index in [2.05, 4.69) is 9.72 Å². The van der Waals surface area contributed by atoms with Crippen molar-refractivity contribution in [3.63, 3.8) is 0 Å². The molecule has 0 bridgehead atoms. The van der Waals surface area contributed by atoms with E-state index >= 15 is 0 Å². The SMILES string of the molecule is Cc1cc2c3c(c1)C(c1ccccc1)=NC(n1c(C)nc4cc(OC(=O)Oc5c(F)c(F)c(F)c(F)c5F)ccc4c1=O)C(=O)N3CC2. The molecule has 5 aromatic rings. The summed E-state index contributed by atoms with van der Waals surface area (Å²) in [5.41, 5.74) is 4.15. The van der Waals surface area contributed by atoms with Crippen molar-refractivity contribution in [2.45, 2.75) is 26.4 Å². The summed E-state index contributed by atoms with van der Waals surface area (Å²) >= 11 is 0. The number of benzene rings is 4. The predicted octanol–water partition coefficient (Wildman–Crippen LogP) is 6.23. The molecule has 9 nitrogen and oxygen atoms in total. The minimum atomic E-state index is -2.43. The number of carbonyl (C=O) groups is 2. The number of aryl methyl sites for hydroxylation is 2. The number of rotatable bonds is 4. The van der Waals surface area contributed by atoms with Crippen LogP contribution < -0.4 is 19.9 Å². The molecule has 3 heterocycles. The second kappa shape index (κ2) is 11.4. The van der Waals surface area contributed by atoms with E-state index in [1.165, 1.54) is 17.6 Å². The van der Waals surface area contributed by atoms with E-state index in [1.54, 1.807) is 4.90 Å². The number of aliphatic imine (C=N–C) groups is 1. The van der Waals surface area contributed by atoms with Gasteiger partial charge in [-0.3, -0.25) is 14.2 Å². The maximum atomic E-state index is 14.1. The molecular weight excluding hydrogens is 639 g/mol. The van der Waals surface area contributed by atoms with Crippen LogP contribution in [0.2, 0.25) is 0 Å². The third kappa shape index (κ3) is 4.87. The molecule has 1 atom stereocenters. The minimum absolute atomic E-state index is 0.00469. The summed E-state index contributed by atoms with van der Waals surface area (Å²) < 4.78 is 78.7. The lowest BCUT2D eigenvalue weighted by atomic mass is 9.96. The molecule has 1 aromatic heterocycles. The van der Waals surface area contributed by atoms with Crippen LogP contribution in [0.15, 0.2) is 70.5 Å². The highest BCUT2D eigenvalue weighted by Gasteiger charge is 2.39. The predicted molar refractivity (Wildman–Crippen MR) is 162 cm³/mol. The first kappa shape index (κ1) is 30.7. The number of fused-ring (bicyclic) bond motifs is 1. The van der Waals surface area contributed by atoms with Crippen molar-refractivity contribution in [1.82, 2.24) is 9.55 Å². The van der Waals surface area contributed by atoms with E-state index in [0.29, 0.717) is 18.7 Å². The molecule has 2 aliphatic heterocycles. The Kier molecular flexibility index (Phi) is 7.30. The molecule has 1 unspecified atom stereocenters. The fraction of sp³-hybridized carbons (Fsp3) is 0.147. The summed E-state index contributed by atoms with van der Waals surface area (Å²) in [4.78, 5) is 51.4. The third-order valence-electron chi connectivity index (χ3n) is 8.10. The number of ether oxygens (including phenoxy) is 2. The van der Waals surface area contributed by atoms with Gasteiger partial charge in [0.2, 0.25) is 41.0 Å². The van der Waals surface area contributed by atoms with Crippen LogP contribution >= 0.6 is 0 Å². The molecule has 0 saturated heterocycles. The summed E-state index contributed by atoms with van der Waals surface area (Å²) in [6.07, 6.45) is -2.52. The van der Waals surface area contributed by atoms with Gasteiger partial charge in [0.15, 0.2) is 0 Å². The average Bonchev–Trinajstić information content (AvgIpc) is 3.45. The van der Waals surface area contributed by atoms with Gasteiger partial charge in [0.05, 0.1) is 22.3 Å². The van der Waals surface area contributed by atoms with Gasteiger partial charge in [0.25, 0.3) is 11.5 Å². The molecule has 0 fully saturated rings. The Hall–Kier alpha value is -5.92. The van der Waals surface area contributed by atoms with Crippen molar-refractivity contribution < 1.29 is 41.0 Å². The molecule has 0 aliphatic carbocycles. The second-order valence-corrected chi connectivity index (χ2v) is 11.1. The van der Waals surface area contributed by atoms with Gasteiger partial charge in [0, 0.05) is 23.7 Å². The molecule has 0 N–H and O–H groups in total. The Morgan fingerprint density at radius 2 is 1.54 bits per heavy atom. The fourth-order valence-electron chi connectivity index (χ4n) is 6.00. The van der Waals surface area contributed by atoms with Crippen molar-refractivity contribution in [3.8, 4) is 11.5 Å². The molecule has 2 aliphatic rings. The van der Waals surface area contributed by atoms with Gasteiger partial charge in [-0.05, 0) is 44.0 Å². The fourth-order valence-corrected chi connectivity index (χ4v) is 6.00. The van der Waals surface area contributed by atoms with Gasteiger partial charge in [0.1, 0.15) is 11.6 Å². The third-order valence-corrected chi connectivity index (χ3v) is 8.10. The van der Waals surface area contributed by atoms with E-state index in [0.717, 1.165) is 40.1 Å².